The van der Waals surface area contributed by atoms with Crippen molar-refractivity contribution >= 4 is 35.0 Å². The average molecular weight is 371 g/mol. The number of likely N-dealkylation sites (tertiary alicyclic amines) is 1. The molecule has 1 heterocycles. The summed E-state index contributed by atoms with van der Waals surface area (Å²) in [4.78, 5) is 41.1. The van der Waals surface area contributed by atoms with E-state index in [4.69, 9.17) is 11.6 Å². The van der Waals surface area contributed by atoms with Gasteiger partial charge in [0, 0.05) is 17.6 Å². The molecule has 134 valence electrons. The molecule has 6 rings (SSSR count). The second-order valence-corrected chi connectivity index (χ2v) is 8.26. The van der Waals surface area contributed by atoms with Crippen LogP contribution >= 0.6 is 11.6 Å². The zero-order valence-corrected chi connectivity index (χ0v) is 15.1. The highest BCUT2D eigenvalue weighted by Gasteiger charge is 2.67. The molecule has 4 aliphatic carbocycles. The van der Waals surface area contributed by atoms with E-state index in [1.165, 1.54) is 16.7 Å². The molecule has 6 heteroatoms. The van der Waals surface area contributed by atoms with Crippen molar-refractivity contribution in [3.8, 4) is 0 Å². The van der Waals surface area contributed by atoms with E-state index >= 15 is 0 Å². The molecule has 0 spiro atoms. The molecular weight excluding hydrogens is 352 g/mol. The fourth-order valence-electron chi connectivity index (χ4n) is 5.31. The number of allylic oxidation sites excluding steroid dienone is 2. The first-order valence-corrected chi connectivity index (χ1v) is 9.42. The maximum Gasteiger partial charge on any atom is 0.235 e. The first-order valence-electron chi connectivity index (χ1n) is 9.04. The lowest BCUT2D eigenvalue weighted by molar-refractivity contribution is -0.140. The van der Waals surface area contributed by atoms with Gasteiger partial charge in [0.25, 0.3) is 0 Å². The lowest BCUT2D eigenvalue weighted by atomic mass is 9.63. The normalized spacial score (nSPS) is 36.2. The van der Waals surface area contributed by atoms with Crippen LogP contribution in [0, 0.1) is 35.5 Å². The summed E-state index contributed by atoms with van der Waals surface area (Å²) in [5.74, 6) is 0.549. The number of hydrogen-bond acceptors (Lipinski definition) is 3. The topological polar surface area (TPSA) is 57.7 Å². The monoisotopic (exact) mass is 370 g/mol. The Morgan fingerprint density at radius 3 is 2.31 bits per heavy atom. The van der Waals surface area contributed by atoms with E-state index in [9.17, 15) is 14.4 Å². The molecule has 0 N–H and O–H groups in total. The van der Waals surface area contributed by atoms with E-state index in [1.807, 2.05) is 0 Å². The summed E-state index contributed by atoms with van der Waals surface area (Å²) in [6, 6.07) is 6.89. The Balaban J connectivity index is 1.45. The van der Waals surface area contributed by atoms with Gasteiger partial charge in [-0.1, -0.05) is 29.8 Å². The highest BCUT2D eigenvalue weighted by Crippen LogP contribution is 2.65. The third-order valence-corrected chi connectivity index (χ3v) is 6.77. The Bertz CT molecular complexity index is 830. The summed E-state index contributed by atoms with van der Waals surface area (Å²) in [5.41, 5.74) is 0.587. The van der Waals surface area contributed by atoms with Crippen LogP contribution in [-0.4, -0.2) is 29.3 Å². The lowest BCUT2D eigenvalue weighted by Gasteiger charge is -2.37. The van der Waals surface area contributed by atoms with Crippen LogP contribution in [-0.2, 0) is 14.4 Å². The molecule has 1 aromatic rings. The van der Waals surface area contributed by atoms with Gasteiger partial charge in [-0.2, -0.15) is 0 Å². The minimum atomic E-state index is -0.241. The van der Waals surface area contributed by atoms with Crippen LogP contribution in [0.3, 0.4) is 0 Å². The predicted molar refractivity (Wildman–Crippen MR) is 96.0 cm³/mol. The quantitative estimate of drug-likeness (QED) is 0.607. The number of hydrogen-bond donors (Lipinski definition) is 0. The molecule has 1 saturated heterocycles. The second-order valence-electron chi connectivity index (χ2n) is 7.83. The molecule has 1 aromatic carbocycles. The Morgan fingerprint density at radius 1 is 1.15 bits per heavy atom. The maximum absolute atomic E-state index is 13.1. The Labute approximate surface area is 156 Å². The summed E-state index contributed by atoms with van der Waals surface area (Å²) in [6.07, 6.45) is 5.43. The van der Waals surface area contributed by atoms with Crippen molar-refractivity contribution < 1.29 is 14.4 Å². The van der Waals surface area contributed by atoms with E-state index in [-0.39, 0.29) is 48.1 Å². The van der Waals surface area contributed by atoms with Gasteiger partial charge in [0.1, 0.15) is 6.67 Å². The summed E-state index contributed by atoms with van der Waals surface area (Å²) >= 11 is 6.04. The Hall–Kier alpha value is -2.14. The number of nitrogens with zero attached hydrogens (tertiary/aromatic N) is 2. The molecule has 1 aliphatic heterocycles. The molecular formula is C20H19ClN2O3. The van der Waals surface area contributed by atoms with Gasteiger partial charge >= 0.3 is 0 Å². The number of rotatable bonds is 3. The molecule has 0 aromatic heterocycles. The van der Waals surface area contributed by atoms with E-state index in [0.29, 0.717) is 22.5 Å². The maximum atomic E-state index is 13.1. The van der Waals surface area contributed by atoms with Crippen LogP contribution in [0.15, 0.2) is 36.4 Å². The van der Waals surface area contributed by atoms with Gasteiger partial charge in [0.05, 0.1) is 11.8 Å². The molecule has 2 saturated carbocycles. The molecule has 26 heavy (non-hydrogen) atoms. The summed E-state index contributed by atoms with van der Waals surface area (Å²) < 4.78 is 0. The highest BCUT2D eigenvalue weighted by molar-refractivity contribution is 6.30. The SMILES string of the molecule is CC(=O)N(CN1C(=O)[C@@H]2[C@@H]3C=C[C@H]([C@@H]4C[C@H]34)[C@@H]2C1=O)c1cccc(Cl)c1. The lowest BCUT2D eigenvalue weighted by Crippen LogP contribution is -2.44. The standard InChI is InChI=1S/C20H19ClN2O3/c1-10(24)22(12-4-2-3-11(21)7-12)9-23-19(25)17-13-5-6-14(16-8-15(13)16)18(17)20(23)26/h2-7,13-18H,8-9H2,1H3/t13-,14-,15-,16+,17-,18+/m1/s1. The number of imide groups is 1. The van der Waals surface area contributed by atoms with Gasteiger partial charge in [-0.25, -0.2) is 0 Å². The van der Waals surface area contributed by atoms with Crippen LogP contribution in [0.5, 0.6) is 0 Å². The van der Waals surface area contributed by atoms with E-state index in [1.54, 1.807) is 24.3 Å². The van der Waals surface area contributed by atoms with E-state index in [2.05, 4.69) is 12.2 Å². The predicted octanol–water partition coefficient (Wildman–Crippen LogP) is 2.70. The Morgan fingerprint density at radius 2 is 1.77 bits per heavy atom. The molecule has 3 fully saturated rings. The third-order valence-electron chi connectivity index (χ3n) is 6.54. The van der Waals surface area contributed by atoms with Crippen LogP contribution in [0.1, 0.15) is 13.3 Å². The zero-order valence-electron chi connectivity index (χ0n) is 14.3. The molecule has 0 radical (unpaired) electrons. The first-order chi connectivity index (χ1) is 12.5. The van der Waals surface area contributed by atoms with Crippen LogP contribution < -0.4 is 4.90 Å². The fourth-order valence-corrected chi connectivity index (χ4v) is 5.49. The number of benzene rings is 1. The zero-order chi connectivity index (χ0) is 18.2. The van der Waals surface area contributed by atoms with Gasteiger partial charge < -0.3 is 0 Å². The molecule has 3 amide bonds. The van der Waals surface area contributed by atoms with E-state index in [0.717, 1.165) is 6.42 Å². The van der Waals surface area contributed by atoms with Crippen molar-refractivity contribution in [2.45, 2.75) is 13.3 Å². The summed E-state index contributed by atoms with van der Waals surface area (Å²) in [5, 5.41) is 0.504. The van der Waals surface area contributed by atoms with Crippen molar-refractivity contribution in [3.05, 3.63) is 41.4 Å². The van der Waals surface area contributed by atoms with Crippen LogP contribution in [0.4, 0.5) is 5.69 Å². The van der Waals surface area contributed by atoms with Crippen molar-refractivity contribution in [1.82, 2.24) is 4.90 Å². The minimum Gasteiger partial charge on any atom is -0.294 e. The number of halogens is 1. The minimum absolute atomic E-state index is 0.0465. The van der Waals surface area contributed by atoms with Crippen molar-refractivity contribution in [2.24, 2.45) is 35.5 Å². The van der Waals surface area contributed by atoms with Gasteiger partial charge in [0.2, 0.25) is 17.7 Å². The van der Waals surface area contributed by atoms with E-state index < -0.39 is 0 Å². The Kier molecular flexibility index (Phi) is 3.35. The van der Waals surface area contributed by atoms with Crippen molar-refractivity contribution in [3.63, 3.8) is 0 Å². The summed E-state index contributed by atoms with van der Waals surface area (Å²) in [7, 11) is 0. The third kappa shape index (κ3) is 2.13. The van der Waals surface area contributed by atoms with Crippen molar-refractivity contribution in [1.29, 1.82) is 0 Å². The molecule has 5 nitrogen and oxygen atoms in total. The summed E-state index contributed by atoms with van der Waals surface area (Å²) in [6.45, 7) is 1.38. The van der Waals surface area contributed by atoms with Gasteiger partial charge in [-0.15, -0.1) is 0 Å². The van der Waals surface area contributed by atoms with Gasteiger partial charge in [-0.3, -0.25) is 24.2 Å². The second kappa shape index (κ2) is 5.43. The number of carbonyl (C=O) groups excluding carboxylic acids is 3. The number of carbonyl (C=O) groups is 3. The van der Waals surface area contributed by atoms with Crippen LogP contribution in [0.25, 0.3) is 0 Å². The number of anilines is 1. The largest absolute Gasteiger partial charge is 0.294 e. The van der Waals surface area contributed by atoms with Gasteiger partial charge in [-0.05, 0) is 48.3 Å². The first kappa shape index (κ1) is 16.1. The molecule has 5 aliphatic rings. The van der Waals surface area contributed by atoms with Gasteiger partial charge in [0.15, 0.2) is 0 Å². The molecule has 0 unspecified atom stereocenters. The molecule has 2 bridgehead atoms. The average Bonchev–Trinajstić information content (AvgIpc) is 3.39. The fraction of sp³-hybridized carbons (Fsp3) is 0.450. The highest BCUT2D eigenvalue weighted by atomic mass is 35.5. The molecule has 6 atom stereocenters. The number of amides is 3. The smallest absolute Gasteiger partial charge is 0.235 e. The van der Waals surface area contributed by atoms with Crippen molar-refractivity contribution in [2.75, 3.05) is 11.6 Å². The van der Waals surface area contributed by atoms with Crippen LogP contribution in [0.2, 0.25) is 5.02 Å².